The molecule has 164 valence electrons. The van der Waals surface area contributed by atoms with Crippen LogP contribution in [0.25, 0.3) is 22.0 Å². The molecule has 0 saturated heterocycles. The molecule has 0 spiro atoms. The van der Waals surface area contributed by atoms with Crippen molar-refractivity contribution in [1.29, 1.82) is 0 Å². The highest BCUT2D eigenvalue weighted by atomic mass is 16.5. The van der Waals surface area contributed by atoms with Crippen molar-refractivity contribution in [3.8, 4) is 34.1 Å². The molecular formula is C23H23N5O4. The van der Waals surface area contributed by atoms with Gasteiger partial charge in [0.15, 0.2) is 11.5 Å². The zero-order valence-electron chi connectivity index (χ0n) is 18.2. The second kappa shape index (κ2) is 8.84. The molecule has 9 nitrogen and oxygen atoms in total. The van der Waals surface area contributed by atoms with Gasteiger partial charge in [-0.15, -0.1) is 0 Å². The second-order valence-corrected chi connectivity index (χ2v) is 6.81. The molecule has 0 amide bonds. The zero-order chi connectivity index (χ0) is 22.7. The molecule has 2 heterocycles. The summed E-state index contributed by atoms with van der Waals surface area (Å²) in [4.78, 5) is 13.3. The summed E-state index contributed by atoms with van der Waals surface area (Å²) in [6, 6.07) is 11.2. The lowest BCUT2D eigenvalue weighted by molar-refractivity contribution is 0.324. The van der Waals surface area contributed by atoms with Crippen LogP contribution in [0.1, 0.15) is 0 Å². The maximum absolute atomic E-state index is 6.25. The van der Waals surface area contributed by atoms with Crippen molar-refractivity contribution in [3.05, 3.63) is 48.8 Å². The van der Waals surface area contributed by atoms with Crippen LogP contribution < -0.4 is 30.0 Å². The Morgan fingerprint density at radius 1 is 0.812 bits per heavy atom. The van der Waals surface area contributed by atoms with Crippen LogP contribution in [0.2, 0.25) is 0 Å². The largest absolute Gasteiger partial charge is 0.497 e. The van der Waals surface area contributed by atoms with Crippen LogP contribution in [0.5, 0.6) is 23.0 Å². The SMILES string of the molecule is COc1ccc2ncc(-c3cnc(Nc4cc(OC)c(OC)c(OC)c4)nc3N)cc2c1. The van der Waals surface area contributed by atoms with E-state index in [9.17, 15) is 0 Å². The third-order valence-corrected chi connectivity index (χ3v) is 4.94. The Labute approximate surface area is 185 Å². The summed E-state index contributed by atoms with van der Waals surface area (Å²) in [6.07, 6.45) is 3.40. The standard InChI is InChI=1S/C23H23N5O4/c1-29-16-5-6-18-13(8-16)7-14(11-25-18)17-12-26-23(28-22(17)24)27-15-9-19(30-2)21(32-4)20(10-15)31-3/h5-12H,1-4H3,(H3,24,26,27,28). The van der Waals surface area contributed by atoms with Crippen molar-refractivity contribution in [1.82, 2.24) is 15.0 Å². The zero-order valence-corrected chi connectivity index (χ0v) is 18.2. The Hall–Kier alpha value is -4.27. The molecule has 2 aromatic heterocycles. The van der Waals surface area contributed by atoms with E-state index in [0.29, 0.717) is 40.3 Å². The number of nitrogens with two attached hydrogens (primary N) is 1. The molecule has 2 aromatic carbocycles. The topological polar surface area (TPSA) is 114 Å². The van der Waals surface area contributed by atoms with Crippen molar-refractivity contribution in [2.75, 3.05) is 39.5 Å². The minimum atomic E-state index is 0.319. The fourth-order valence-corrected chi connectivity index (χ4v) is 3.34. The number of methoxy groups -OCH3 is 4. The van der Waals surface area contributed by atoms with Gasteiger partial charge in [-0.1, -0.05) is 0 Å². The maximum Gasteiger partial charge on any atom is 0.229 e. The van der Waals surface area contributed by atoms with Gasteiger partial charge in [0, 0.05) is 46.7 Å². The first-order valence-electron chi connectivity index (χ1n) is 9.70. The van der Waals surface area contributed by atoms with Crippen molar-refractivity contribution in [2.45, 2.75) is 0 Å². The average Bonchev–Trinajstić information content (AvgIpc) is 2.82. The first-order valence-corrected chi connectivity index (χ1v) is 9.70. The summed E-state index contributed by atoms with van der Waals surface area (Å²) in [5.41, 5.74) is 9.25. The summed E-state index contributed by atoms with van der Waals surface area (Å²) >= 11 is 0. The predicted molar refractivity (Wildman–Crippen MR) is 123 cm³/mol. The molecule has 4 aromatic rings. The Morgan fingerprint density at radius 3 is 2.19 bits per heavy atom. The summed E-state index contributed by atoms with van der Waals surface area (Å²) in [6.45, 7) is 0. The molecule has 0 aliphatic heterocycles. The van der Waals surface area contributed by atoms with Crippen molar-refractivity contribution < 1.29 is 18.9 Å². The van der Waals surface area contributed by atoms with Crippen LogP contribution >= 0.6 is 0 Å². The lowest BCUT2D eigenvalue weighted by Gasteiger charge is -2.15. The third kappa shape index (κ3) is 4.00. The summed E-state index contributed by atoms with van der Waals surface area (Å²) in [5.74, 6) is 2.92. The van der Waals surface area contributed by atoms with E-state index < -0.39 is 0 Å². The van der Waals surface area contributed by atoms with Crippen LogP contribution in [0.15, 0.2) is 48.8 Å². The number of pyridine rings is 1. The summed E-state index contributed by atoms with van der Waals surface area (Å²) in [7, 11) is 6.28. The number of benzene rings is 2. The van der Waals surface area contributed by atoms with Crippen molar-refractivity contribution in [2.24, 2.45) is 0 Å². The number of nitrogens with one attached hydrogen (secondary N) is 1. The molecule has 9 heteroatoms. The number of nitrogen functional groups attached to an aromatic ring is 1. The lowest BCUT2D eigenvalue weighted by Crippen LogP contribution is -2.03. The fraction of sp³-hybridized carbons (Fsp3) is 0.174. The van der Waals surface area contributed by atoms with Gasteiger partial charge in [0.2, 0.25) is 11.7 Å². The number of hydrogen-bond acceptors (Lipinski definition) is 9. The minimum Gasteiger partial charge on any atom is -0.497 e. The Kier molecular flexibility index (Phi) is 5.80. The van der Waals surface area contributed by atoms with E-state index in [2.05, 4.69) is 20.3 Å². The molecule has 0 bridgehead atoms. The van der Waals surface area contributed by atoms with Crippen molar-refractivity contribution in [3.63, 3.8) is 0 Å². The van der Waals surface area contributed by atoms with E-state index in [0.717, 1.165) is 22.2 Å². The molecule has 3 N–H and O–H groups in total. The van der Waals surface area contributed by atoms with Crippen LogP contribution in [0, 0.1) is 0 Å². The first kappa shape index (κ1) is 21.0. The van der Waals surface area contributed by atoms with E-state index in [4.69, 9.17) is 24.7 Å². The molecule has 0 radical (unpaired) electrons. The van der Waals surface area contributed by atoms with Crippen LogP contribution in [-0.2, 0) is 0 Å². The van der Waals surface area contributed by atoms with E-state index in [1.54, 1.807) is 53.0 Å². The number of anilines is 3. The number of nitrogens with zero attached hydrogens (tertiary/aromatic N) is 3. The van der Waals surface area contributed by atoms with Gasteiger partial charge in [-0.2, -0.15) is 4.98 Å². The van der Waals surface area contributed by atoms with E-state index in [1.807, 2.05) is 24.3 Å². The Balaban J connectivity index is 1.65. The third-order valence-electron chi connectivity index (χ3n) is 4.94. The van der Waals surface area contributed by atoms with E-state index in [-0.39, 0.29) is 0 Å². The van der Waals surface area contributed by atoms with Gasteiger partial charge in [-0.25, -0.2) is 4.98 Å². The van der Waals surface area contributed by atoms with Crippen LogP contribution in [0.3, 0.4) is 0 Å². The molecular weight excluding hydrogens is 410 g/mol. The molecule has 0 atom stereocenters. The molecule has 32 heavy (non-hydrogen) atoms. The summed E-state index contributed by atoms with van der Waals surface area (Å²) < 4.78 is 21.4. The number of ether oxygens (including phenoxy) is 4. The number of fused-ring (bicyclic) bond motifs is 1. The minimum absolute atomic E-state index is 0.319. The van der Waals surface area contributed by atoms with Gasteiger partial charge in [0.1, 0.15) is 11.6 Å². The molecule has 0 aliphatic carbocycles. The van der Waals surface area contributed by atoms with Gasteiger partial charge in [0.05, 0.1) is 34.0 Å². The molecule has 0 fully saturated rings. The Morgan fingerprint density at radius 2 is 1.56 bits per heavy atom. The molecule has 0 aliphatic rings. The summed E-state index contributed by atoms with van der Waals surface area (Å²) in [5, 5.41) is 4.05. The monoisotopic (exact) mass is 433 g/mol. The van der Waals surface area contributed by atoms with Crippen LogP contribution in [-0.4, -0.2) is 43.4 Å². The van der Waals surface area contributed by atoms with Crippen molar-refractivity contribution >= 4 is 28.4 Å². The first-order chi connectivity index (χ1) is 15.6. The maximum atomic E-state index is 6.25. The lowest BCUT2D eigenvalue weighted by atomic mass is 10.1. The van der Waals surface area contributed by atoms with Gasteiger partial charge in [-0.3, -0.25) is 4.98 Å². The molecule has 4 rings (SSSR count). The Bertz CT molecular complexity index is 1250. The predicted octanol–water partition coefficient (Wildman–Crippen LogP) is 4.05. The van der Waals surface area contributed by atoms with E-state index >= 15 is 0 Å². The smallest absolute Gasteiger partial charge is 0.229 e. The van der Waals surface area contributed by atoms with Gasteiger partial charge in [0.25, 0.3) is 0 Å². The normalized spacial score (nSPS) is 10.6. The van der Waals surface area contributed by atoms with Gasteiger partial charge >= 0.3 is 0 Å². The van der Waals surface area contributed by atoms with Crippen LogP contribution in [0.4, 0.5) is 17.5 Å². The molecule has 0 unspecified atom stereocenters. The number of aromatic nitrogens is 3. The molecule has 0 saturated carbocycles. The highest BCUT2D eigenvalue weighted by Crippen LogP contribution is 2.40. The second-order valence-electron chi connectivity index (χ2n) is 6.81. The highest BCUT2D eigenvalue weighted by Gasteiger charge is 2.15. The highest BCUT2D eigenvalue weighted by molar-refractivity contribution is 5.86. The average molecular weight is 433 g/mol. The number of hydrogen-bond donors (Lipinski definition) is 2. The van der Waals surface area contributed by atoms with E-state index in [1.165, 1.54) is 0 Å². The van der Waals surface area contributed by atoms with Gasteiger partial charge in [-0.05, 0) is 24.3 Å². The number of rotatable bonds is 7. The quantitative estimate of drug-likeness (QED) is 0.445. The van der Waals surface area contributed by atoms with Gasteiger partial charge < -0.3 is 30.0 Å². The fourth-order valence-electron chi connectivity index (χ4n) is 3.34.